The van der Waals surface area contributed by atoms with Crippen LogP contribution in [0.25, 0.3) is 17.3 Å². The summed E-state index contributed by atoms with van der Waals surface area (Å²) < 4.78 is 5.51. The molecule has 2 aromatic rings. The van der Waals surface area contributed by atoms with E-state index in [1.54, 1.807) is 12.0 Å². The number of nitrogens with two attached hydrogens (primary N) is 1. The van der Waals surface area contributed by atoms with E-state index < -0.39 is 5.60 Å². The lowest BCUT2D eigenvalue weighted by atomic mass is 9.68. The summed E-state index contributed by atoms with van der Waals surface area (Å²) in [5, 5.41) is 0. The van der Waals surface area contributed by atoms with Gasteiger partial charge in [-0.05, 0) is 50.8 Å². The van der Waals surface area contributed by atoms with E-state index in [1.165, 1.54) is 11.9 Å². The molecular weight excluding hydrogens is 430 g/mol. The molecule has 1 aromatic heterocycles. The van der Waals surface area contributed by atoms with Crippen molar-refractivity contribution in [3.05, 3.63) is 46.8 Å². The number of nitrogens with zero attached hydrogens (tertiary/aromatic N) is 3. The normalized spacial score (nSPS) is 19.3. The van der Waals surface area contributed by atoms with Crippen molar-refractivity contribution in [3.63, 3.8) is 0 Å². The second-order valence-electron chi connectivity index (χ2n) is 10.6. The first-order valence-electron chi connectivity index (χ1n) is 11.7. The number of ether oxygens (including phenoxy) is 1. The molecule has 8 heteroatoms. The first-order chi connectivity index (χ1) is 16.0. The Morgan fingerprint density at radius 1 is 1.24 bits per heavy atom. The van der Waals surface area contributed by atoms with Gasteiger partial charge in [0, 0.05) is 29.6 Å². The predicted octanol–water partition coefficient (Wildman–Crippen LogP) is 4.62. The van der Waals surface area contributed by atoms with Gasteiger partial charge in [-0.1, -0.05) is 37.6 Å². The van der Waals surface area contributed by atoms with E-state index in [-0.39, 0.29) is 17.6 Å². The lowest BCUT2D eigenvalue weighted by Gasteiger charge is -2.41. The average Bonchev–Trinajstić information content (AvgIpc) is 2.75. The Labute approximate surface area is 201 Å². The molecule has 0 radical (unpaired) electrons. The molecule has 1 unspecified atom stereocenters. The molecule has 0 bridgehead atoms. The Bertz CT molecular complexity index is 1110. The minimum absolute atomic E-state index is 0.124. The highest BCUT2D eigenvalue weighted by molar-refractivity contribution is 5.78. The molecule has 1 amide bonds. The molecule has 1 aromatic carbocycles. The number of nitrogens with one attached hydrogen (secondary N) is 1. The van der Waals surface area contributed by atoms with E-state index in [4.69, 9.17) is 15.3 Å². The first-order valence-corrected chi connectivity index (χ1v) is 11.7. The molecular formula is C26H35N5O3. The summed E-state index contributed by atoms with van der Waals surface area (Å²) in [4.78, 5) is 28.4. The Morgan fingerprint density at radius 2 is 1.94 bits per heavy atom. The molecule has 0 saturated carbocycles. The molecule has 2 heterocycles. The number of piperidine rings is 1. The third kappa shape index (κ3) is 4.65. The molecule has 1 aliphatic heterocycles. The van der Waals surface area contributed by atoms with Crippen LogP contribution in [-0.2, 0) is 15.0 Å². The zero-order valence-corrected chi connectivity index (χ0v) is 20.9. The van der Waals surface area contributed by atoms with Crippen LogP contribution < -0.4 is 11.2 Å². The summed E-state index contributed by atoms with van der Waals surface area (Å²) in [5.74, 6) is 0.492. The lowest BCUT2D eigenvalue weighted by Crippen LogP contribution is -2.41. The topological polar surface area (TPSA) is 103 Å². The average molecular weight is 466 g/mol. The number of carbonyl (C=O) groups excluding carboxylic acids is 1. The minimum Gasteiger partial charge on any atom is -0.444 e. The number of hydrogen-bond acceptors (Lipinski definition) is 7. The summed E-state index contributed by atoms with van der Waals surface area (Å²) in [6.07, 6.45) is 5.17. The summed E-state index contributed by atoms with van der Waals surface area (Å²) >= 11 is 0. The van der Waals surface area contributed by atoms with Crippen LogP contribution in [0.5, 0.6) is 0 Å². The van der Waals surface area contributed by atoms with Crippen molar-refractivity contribution in [2.24, 2.45) is 0 Å². The molecule has 4 rings (SSSR count). The van der Waals surface area contributed by atoms with Gasteiger partial charge in [0.1, 0.15) is 17.7 Å². The van der Waals surface area contributed by atoms with Gasteiger partial charge >= 0.3 is 6.09 Å². The maximum atomic E-state index is 12.4. The van der Waals surface area contributed by atoms with Gasteiger partial charge in [-0.15, -0.1) is 0 Å². The number of hydroxylamine groups is 1. The van der Waals surface area contributed by atoms with Gasteiger partial charge < -0.3 is 20.2 Å². The number of anilines is 1. The van der Waals surface area contributed by atoms with Gasteiger partial charge in [-0.25, -0.2) is 14.8 Å². The number of hydrogen-bond donors (Lipinski definition) is 2. The van der Waals surface area contributed by atoms with Crippen LogP contribution in [0.15, 0.2) is 30.1 Å². The first kappa shape index (κ1) is 24.2. The standard InChI is InChI=1S/C26H35N5O3/c1-25(2,3)34-24(32)31-11-9-16(10-12-31)13-17-7-8-18-19(14-17)22(30-33-6)26(4,5)20-21(18)28-15-29-23(20)27/h7-8,13-15,22,30H,9-12H2,1-6H3,(H2,27,28,29). The van der Waals surface area contributed by atoms with Crippen LogP contribution in [0.3, 0.4) is 0 Å². The second kappa shape index (κ2) is 9.00. The SMILES string of the molecule is CONC1c2cc(C=C3CCN(C(=O)OC(C)(C)C)CC3)ccc2-c2ncnc(N)c2C1(C)C. The van der Waals surface area contributed by atoms with Crippen LogP contribution in [0, 0.1) is 0 Å². The molecule has 3 N–H and O–H groups in total. The number of nitrogen functional groups attached to an aromatic ring is 1. The van der Waals surface area contributed by atoms with Crippen LogP contribution in [-0.4, -0.2) is 46.8 Å². The molecule has 34 heavy (non-hydrogen) atoms. The molecule has 182 valence electrons. The summed E-state index contributed by atoms with van der Waals surface area (Å²) in [5.41, 5.74) is 15.0. The predicted molar refractivity (Wildman–Crippen MR) is 133 cm³/mol. The lowest BCUT2D eigenvalue weighted by molar-refractivity contribution is 0.0237. The Morgan fingerprint density at radius 3 is 2.59 bits per heavy atom. The Balaban J connectivity index is 1.61. The zero-order chi connectivity index (χ0) is 24.7. The van der Waals surface area contributed by atoms with E-state index in [2.05, 4.69) is 53.6 Å². The third-order valence-electron chi connectivity index (χ3n) is 6.55. The van der Waals surface area contributed by atoms with E-state index in [0.717, 1.165) is 40.8 Å². The van der Waals surface area contributed by atoms with Crippen molar-refractivity contribution in [1.82, 2.24) is 20.3 Å². The highest BCUT2D eigenvalue weighted by Crippen LogP contribution is 2.50. The van der Waals surface area contributed by atoms with Crippen LogP contribution in [0.1, 0.15) is 70.2 Å². The van der Waals surface area contributed by atoms with Gasteiger partial charge in [0.05, 0.1) is 18.8 Å². The number of benzene rings is 1. The largest absolute Gasteiger partial charge is 0.444 e. The summed E-state index contributed by atoms with van der Waals surface area (Å²) in [7, 11) is 1.63. The Hall–Kier alpha value is -2.97. The van der Waals surface area contributed by atoms with Crippen LogP contribution in [0.4, 0.5) is 10.6 Å². The van der Waals surface area contributed by atoms with Crippen LogP contribution >= 0.6 is 0 Å². The van der Waals surface area contributed by atoms with Crippen molar-refractivity contribution in [2.45, 2.75) is 64.5 Å². The van der Waals surface area contributed by atoms with Crippen molar-refractivity contribution >= 4 is 18.0 Å². The van der Waals surface area contributed by atoms with Crippen molar-refractivity contribution in [1.29, 1.82) is 0 Å². The monoisotopic (exact) mass is 465 g/mol. The summed E-state index contributed by atoms with van der Waals surface area (Å²) in [6.45, 7) is 11.3. The zero-order valence-electron chi connectivity index (χ0n) is 20.9. The molecule has 1 aliphatic carbocycles. The van der Waals surface area contributed by atoms with E-state index in [0.29, 0.717) is 18.9 Å². The number of fused-ring (bicyclic) bond motifs is 3. The number of carbonyl (C=O) groups is 1. The number of aromatic nitrogens is 2. The molecule has 8 nitrogen and oxygen atoms in total. The highest BCUT2D eigenvalue weighted by atomic mass is 16.6. The quantitative estimate of drug-likeness (QED) is 0.638. The number of amides is 1. The molecule has 0 spiro atoms. The maximum absolute atomic E-state index is 12.4. The highest BCUT2D eigenvalue weighted by Gasteiger charge is 2.42. The summed E-state index contributed by atoms with van der Waals surface area (Å²) in [6, 6.07) is 6.28. The molecule has 1 atom stereocenters. The fourth-order valence-corrected chi connectivity index (χ4v) is 4.91. The van der Waals surface area contributed by atoms with Crippen molar-refractivity contribution in [3.8, 4) is 11.3 Å². The Kier molecular flexibility index (Phi) is 6.40. The second-order valence-corrected chi connectivity index (χ2v) is 10.6. The van der Waals surface area contributed by atoms with Crippen LogP contribution in [0.2, 0.25) is 0 Å². The molecule has 1 fully saturated rings. The van der Waals surface area contributed by atoms with Crippen molar-refractivity contribution < 1.29 is 14.4 Å². The molecule has 2 aliphatic rings. The minimum atomic E-state index is -0.481. The van der Waals surface area contributed by atoms with Gasteiger partial charge in [-0.3, -0.25) is 0 Å². The fourth-order valence-electron chi connectivity index (χ4n) is 4.91. The number of rotatable bonds is 3. The number of likely N-dealkylation sites (tertiary alicyclic amines) is 1. The van der Waals surface area contributed by atoms with Gasteiger partial charge in [0.15, 0.2) is 0 Å². The van der Waals surface area contributed by atoms with Gasteiger partial charge in [0.25, 0.3) is 0 Å². The van der Waals surface area contributed by atoms with Gasteiger partial charge in [0.2, 0.25) is 0 Å². The third-order valence-corrected chi connectivity index (χ3v) is 6.55. The van der Waals surface area contributed by atoms with Gasteiger partial charge in [-0.2, -0.15) is 5.48 Å². The fraction of sp³-hybridized carbons (Fsp3) is 0.500. The maximum Gasteiger partial charge on any atom is 0.410 e. The van der Waals surface area contributed by atoms with E-state index in [9.17, 15) is 4.79 Å². The smallest absolute Gasteiger partial charge is 0.410 e. The molecule has 1 saturated heterocycles. The van der Waals surface area contributed by atoms with E-state index >= 15 is 0 Å². The van der Waals surface area contributed by atoms with Crippen molar-refractivity contribution in [2.75, 3.05) is 25.9 Å². The van der Waals surface area contributed by atoms with E-state index in [1.807, 2.05) is 20.8 Å².